The SMILES string of the molecule is CN(C)CCCNC(=O)/C(C#N)=C\c1ccc(N(CCCl)CCCl)cc1. The lowest BCUT2D eigenvalue weighted by molar-refractivity contribution is -0.117. The van der Waals surface area contributed by atoms with Gasteiger partial charge in [0, 0.05) is 37.1 Å². The summed E-state index contributed by atoms with van der Waals surface area (Å²) in [4.78, 5) is 16.3. The zero-order valence-electron chi connectivity index (χ0n) is 15.3. The molecule has 0 fully saturated rings. The average molecular weight is 397 g/mol. The minimum Gasteiger partial charge on any atom is -0.369 e. The maximum absolute atomic E-state index is 12.1. The predicted molar refractivity (Wildman–Crippen MR) is 110 cm³/mol. The maximum Gasteiger partial charge on any atom is 0.261 e. The number of rotatable bonds is 11. The van der Waals surface area contributed by atoms with Crippen molar-refractivity contribution in [1.82, 2.24) is 10.2 Å². The summed E-state index contributed by atoms with van der Waals surface area (Å²) in [5.41, 5.74) is 1.90. The van der Waals surface area contributed by atoms with Crippen LogP contribution in [0.2, 0.25) is 0 Å². The molecule has 1 N–H and O–H groups in total. The van der Waals surface area contributed by atoms with E-state index in [9.17, 15) is 10.1 Å². The molecule has 142 valence electrons. The molecule has 0 aliphatic carbocycles. The van der Waals surface area contributed by atoms with Crippen molar-refractivity contribution < 1.29 is 4.79 Å². The summed E-state index contributed by atoms with van der Waals surface area (Å²) in [6.45, 7) is 2.85. The van der Waals surface area contributed by atoms with E-state index >= 15 is 0 Å². The molecular weight excluding hydrogens is 371 g/mol. The van der Waals surface area contributed by atoms with Gasteiger partial charge in [-0.15, -0.1) is 23.2 Å². The van der Waals surface area contributed by atoms with Crippen LogP contribution in [-0.2, 0) is 4.79 Å². The molecule has 0 aliphatic rings. The molecule has 5 nitrogen and oxygen atoms in total. The molecule has 0 unspecified atom stereocenters. The zero-order valence-corrected chi connectivity index (χ0v) is 16.9. The Labute approximate surface area is 166 Å². The first-order valence-electron chi connectivity index (χ1n) is 8.53. The van der Waals surface area contributed by atoms with Gasteiger partial charge in [-0.2, -0.15) is 5.26 Å². The number of hydrogen-bond donors (Lipinski definition) is 1. The van der Waals surface area contributed by atoms with Crippen LogP contribution in [0.5, 0.6) is 0 Å². The Kier molecular flexibility index (Phi) is 10.8. The number of nitriles is 1. The Hall–Kier alpha value is -1.74. The highest BCUT2D eigenvalue weighted by Crippen LogP contribution is 2.17. The van der Waals surface area contributed by atoms with Crippen LogP contribution in [-0.4, -0.2) is 62.8 Å². The van der Waals surface area contributed by atoms with Crippen LogP contribution < -0.4 is 10.2 Å². The summed E-state index contributed by atoms with van der Waals surface area (Å²) in [7, 11) is 3.96. The van der Waals surface area contributed by atoms with Gasteiger partial charge in [-0.3, -0.25) is 4.79 Å². The Morgan fingerprint density at radius 2 is 1.77 bits per heavy atom. The van der Waals surface area contributed by atoms with E-state index in [0.717, 1.165) is 24.2 Å². The van der Waals surface area contributed by atoms with Gasteiger partial charge in [0.05, 0.1) is 0 Å². The van der Waals surface area contributed by atoms with Crippen LogP contribution in [0.25, 0.3) is 6.08 Å². The molecule has 1 aromatic carbocycles. The van der Waals surface area contributed by atoms with Crippen LogP contribution in [0, 0.1) is 11.3 Å². The summed E-state index contributed by atoms with van der Waals surface area (Å²) in [6, 6.07) is 9.60. The first-order chi connectivity index (χ1) is 12.5. The van der Waals surface area contributed by atoms with Crippen molar-refractivity contribution in [2.45, 2.75) is 6.42 Å². The Morgan fingerprint density at radius 3 is 2.27 bits per heavy atom. The highest BCUT2D eigenvalue weighted by Gasteiger charge is 2.09. The highest BCUT2D eigenvalue weighted by atomic mass is 35.5. The van der Waals surface area contributed by atoms with Gasteiger partial charge in [0.15, 0.2) is 0 Å². The topological polar surface area (TPSA) is 59.4 Å². The zero-order chi connectivity index (χ0) is 19.4. The van der Waals surface area contributed by atoms with Gasteiger partial charge in [0.2, 0.25) is 0 Å². The highest BCUT2D eigenvalue weighted by molar-refractivity contribution is 6.18. The molecule has 0 aromatic heterocycles. The monoisotopic (exact) mass is 396 g/mol. The number of benzene rings is 1. The minimum atomic E-state index is -0.346. The van der Waals surface area contributed by atoms with E-state index < -0.39 is 0 Å². The average Bonchev–Trinajstić information content (AvgIpc) is 2.63. The third kappa shape index (κ3) is 8.09. The van der Waals surface area contributed by atoms with Crippen LogP contribution in [0.3, 0.4) is 0 Å². The molecule has 0 saturated carbocycles. The molecule has 0 heterocycles. The van der Waals surface area contributed by atoms with Crippen molar-refractivity contribution in [1.29, 1.82) is 5.26 Å². The fourth-order valence-electron chi connectivity index (χ4n) is 2.36. The lowest BCUT2D eigenvalue weighted by atomic mass is 10.1. The lowest BCUT2D eigenvalue weighted by Crippen LogP contribution is -2.28. The standard InChI is InChI=1S/C19H26Cl2N4O/c1-24(2)11-3-10-23-19(26)17(15-22)14-16-4-6-18(7-5-16)25(12-8-20)13-9-21/h4-7,14H,3,8-13H2,1-2H3,(H,23,26)/b17-14-. The first-order valence-corrected chi connectivity index (χ1v) is 9.60. The third-order valence-electron chi connectivity index (χ3n) is 3.71. The lowest BCUT2D eigenvalue weighted by Gasteiger charge is -2.22. The molecule has 0 aliphatic heterocycles. The minimum absolute atomic E-state index is 0.0981. The largest absolute Gasteiger partial charge is 0.369 e. The number of alkyl halides is 2. The van der Waals surface area contributed by atoms with Crippen LogP contribution in [0.1, 0.15) is 12.0 Å². The van der Waals surface area contributed by atoms with Gasteiger partial charge >= 0.3 is 0 Å². The molecule has 1 rings (SSSR count). The summed E-state index contributed by atoms with van der Waals surface area (Å²) in [5.74, 6) is 0.692. The Balaban J connectivity index is 2.73. The number of anilines is 1. The van der Waals surface area contributed by atoms with Crippen molar-refractivity contribution in [2.75, 3.05) is 56.9 Å². The van der Waals surface area contributed by atoms with Gasteiger partial charge in [-0.25, -0.2) is 0 Å². The van der Waals surface area contributed by atoms with Crippen molar-refractivity contribution >= 4 is 40.9 Å². The second kappa shape index (κ2) is 12.6. The van der Waals surface area contributed by atoms with E-state index in [1.807, 2.05) is 49.3 Å². The molecule has 1 aromatic rings. The fourth-order valence-corrected chi connectivity index (χ4v) is 2.77. The number of nitrogens with zero attached hydrogens (tertiary/aromatic N) is 3. The van der Waals surface area contributed by atoms with E-state index in [2.05, 4.69) is 10.2 Å². The van der Waals surface area contributed by atoms with Crippen LogP contribution in [0.15, 0.2) is 29.8 Å². The van der Waals surface area contributed by atoms with Gasteiger partial charge in [0.25, 0.3) is 5.91 Å². The van der Waals surface area contributed by atoms with Crippen molar-refractivity contribution in [3.05, 3.63) is 35.4 Å². The normalized spacial score (nSPS) is 11.3. The molecule has 0 atom stereocenters. The molecule has 7 heteroatoms. The van der Waals surface area contributed by atoms with E-state index in [1.165, 1.54) is 0 Å². The Morgan fingerprint density at radius 1 is 1.15 bits per heavy atom. The Bertz CT molecular complexity index is 617. The summed E-state index contributed by atoms with van der Waals surface area (Å²) in [5, 5.41) is 12.0. The molecule has 26 heavy (non-hydrogen) atoms. The number of carbonyl (C=O) groups excluding carboxylic acids is 1. The maximum atomic E-state index is 12.1. The molecule has 0 spiro atoms. The predicted octanol–water partition coefficient (Wildman–Crippen LogP) is 2.95. The number of amides is 1. The van der Waals surface area contributed by atoms with Crippen LogP contribution in [0.4, 0.5) is 5.69 Å². The molecule has 1 amide bonds. The number of carbonyl (C=O) groups is 1. The third-order valence-corrected chi connectivity index (χ3v) is 4.05. The van der Waals surface area contributed by atoms with Gasteiger partial charge in [0.1, 0.15) is 11.6 Å². The second-order valence-corrected chi connectivity index (χ2v) is 6.80. The fraction of sp³-hybridized carbons (Fsp3) is 0.474. The van der Waals surface area contributed by atoms with E-state index in [0.29, 0.717) is 31.4 Å². The number of nitrogens with one attached hydrogen (secondary N) is 1. The molecule has 0 radical (unpaired) electrons. The summed E-state index contributed by atoms with van der Waals surface area (Å²) < 4.78 is 0. The van der Waals surface area contributed by atoms with Crippen LogP contribution >= 0.6 is 23.2 Å². The van der Waals surface area contributed by atoms with E-state index in [4.69, 9.17) is 23.2 Å². The first kappa shape index (κ1) is 22.3. The van der Waals surface area contributed by atoms with Crippen molar-refractivity contribution in [3.63, 3.8) is 0 Å². The van der Waals surface area contributed by atoms with E-state index in [-0.39, 0.29) is 11.5 Å². The van der Waals surface area contributed by atoms with Gasteiger partial charge < -0.3 is 15.1 Å². The summed E-state index contributed by atoms with van der Waals surface area (Å²) in [6.07, 6.45) is 2.43. The number of hydrogen-bond acceptors (Lipinski definition) is 4. The molecule has 0 saturated heterocycles. The molecule has 0 bridgehead atoms. The number of halogens is 2. The van der Waals surface area contributed by atoms with E-state index in [1.54, 1.807) is 6.08 Å². The quantitative estimate of drug-likeness (QED) is 0.270. The van der Waals surface area contributed by atoms with Gasteiger partial charge in [-0.05, 0) is 50.8 Å². The van der Waals surface area contributed by atoms with Gasteiger partial charge in [-0.1, -0.05) is 12.1 Å². The van der Waals surface area contributed by atoms with Crippen molar-refractivity contribution in [3.8, 4) is 6.07 Å². The second-order valence-electron chi connectivity index (χ2n) is 6.04. The van der Waals surface area contributed by atoms with Crippen molar-refractivity contribution in [2.24, 2.45) is 0 Å². The summed E-state index contributed by atoms with van der Waals surface area (Å²) >= 11 is 11.7. The smallest absolute Gasteiger partial charge is 0.261 e. The molecular formula is C19H26Cl2N4O.